The van der Waals surface area contributed by atoms with Gasteiger partial charge in [-0.1, -0.05) is 0 Å². The summed E-state index contributed by atoms with van der Waals surface area (Å²) in [5.41, 5.74) is 1.36. The van der Waals surface area contributed by atoms with Crippen LogP contribution in [0.3, 0.4) is 0 Å². The molecule has 3 aromatic rings. The van der Waals surface area contributed by atoms with Crippen LogP contribution in [0.2, 0.25) is 0 Å². The van der Waals surface area contributed by atoms with Crippen molar-refractivity contribution < 1.29 is 4.79 Å². The van der Waals surface area contributed by atoms with Crippen LogP contribution < -0.4 is 15.8 Å². The van der Waals surface area contributed by atoms with Gasteiger partial charge >= 0.3 is 0 Å². The largest absolute Gasteiger partial charge is 0.356 e. The Labute approximate surface area is 167 Å². The number of anilines is 2. The van der Waals surface area contributed by atoms with Crippen LogP contribution in [0.5, 0.6) is 0 Å². The van der Waals surface area contributed by atoms with E-state index >= 15 is 0 Å². The van der Waals surface area contributed by atoms with Gasteiger partial charge in [0.25, 0.3) is 5.56 Å². The molecule has 0 bridgehead atoms. The van der Waals surface area contributed by atoms with Crippen LogP contribution in [-0.2, 0) is 11.3 Å². The lowest BCUT2D eigenvalue weighted by Crippen LogP contribution is -2.30. The molecule has 0 unspecified atom stereocenters. The summed E-state index contributed by atoms with van der Waals surface area (Å²) in [6.45, 7) is 5.45. The number of hydrogen-bond donors (Lipinski definition) is 1. The number of nitrogens with zero attached hydrogens (tertiary/aromatic N) is 7. The minimum absolute atomic E-state index is 0.227. The summed E-state index contributed by atoms with van der Waals surface area (Å²) in [6, 6.07) is 6.62. The molecule has 4 heterocycles. The van der Waals surface area contributed by atoms with Gasteiger partial charge in [-0.3, -0.25) is 9.59 Å². The van der Waals surface area contributed by atoms with Crippen LogP contribution in [0.1, 0.15) is 24.2 Å². The van der Waals surface area contributed by atoms with E-state index in [1.165, 1.54) is 12.4 Å². The average Bonchev–Trinajstić information content (AvgIpc) is 3.33. The highest BCUT2D eigenvalue weighted by atomic mass is 16.2. The van der Waals surface area contributed by atoms with Crippen LogP contribution in [0.25, 0.3) is 5.82 Å². The highest BCUT2D eigenvalue weighted by Crippen LogP contribution is 2.19. The van der Waals surface area contributed by atoms with E-state index in [0.29, 0.717) is 11.6 Å². The molecule has 1 fully saturated rings. The highest BCUT2D eigenvalue weighted by Gasteiger charge is 2.15. The number of carbonyl (C=O) groups is 1. The predicted molar refractivity (Wildman–Crippen MR) is 107 cm³/mol. The SMILES string of the molecule is Cc1cc(C)n(-c2ccc(=O)n(CC(=O)Nc3cc(N4CCCC4)ncn3)n2)n1. The molecule has 1 N–H and O–H groups in total. The van der Waals surface area contributed by atoms with Gasteiger partial charge in [-0.25, -0.2) is 19.3 Å². The summed E-state index contributed by atoms with van der Waals surface area (Å²) >= 11 is 0. The Balaban J connectivity index is 1.50. The minimum Gasteiger partial charge on any atom is -0.356 e. The molecule has 1 aliphatic rings. The molecule has 0 aromatic carbocycles. The van der Waals surface area contributed by atoms with E-state index < -0.39 is 5.91 Å². The topological polar surface area (TPSA) is 111 Å². The smallest absolute Gasteiger partial charge is 0.267 e. The van der Waals surface area contributed by atoms with Gasteiger partial charge in [0.2, 0.25) is 5.91 Å². The first-order valence-electron chi connectivity index (χ1n) is 9.48. The number of aryl methyl sites for hydroxylation is 2. The molecule has 0 aliphatic carbocycles. The van der Waals surface area contributed by atoms with Crippen molar-refractivity contribution in [3.8, 4) is 5.82 Å². The Morgan fingerprint density at radius 3 is 2.59 bits per heavy atom. The zero-order chi connectivity index (χ0) is 20.4. The van der Waals surface area contributed by atoms with Crippen molar-refractivity contribution >= 4 is 17.5 Å². The van der Waals surface area contributed by atoms with Gasteiger partial charge in [0.1, 0.15) is 24.5 Å². The van der Waals surface area contributed by atoms with Gasteiger partial charge in [-0.15, -0.1) is 5.10 Å². The van der Waals surface area contributed by atoms with E-state index in [9.17, 15) is 9.59 Å². The van der Waals surface area contributed by atoms with Crippen LogP contribution in [0.4, 0.5) is 11.6 Å². The monoisotopic (exact) mass is 394 g/mol. The lowest BCUT2D eigenvalue weighted by molar-refractivity contribution is -0.117. The van der Waals surface area contributed by atoms with Crippen molar-refractivity contribution in [2.75, 3.05) is 23.3 Å². The fraction of sp³-hybridized carbons (Fsp3) is 0.368. The molecular formula is C19H22N8O2. The number of aromatic nitrogens is 6. The Morgan fingerprint density at radius 2 is 1.86 bits per heavy atom. The number of rotatable bonds is 5. The number of amides is 1. The Kier molecular flexibility index (Phi) is 5.07. The Bertz CT molecular complexity index is 1100. The van der Waals surface area contributed by atoms with E-state index in [0.717, 1.165) is 47.8 Å². The van der Waals surface area contributed by atoms with Crippen molar-refractivity contribution in [1.29, 1.82) is 0 Å². The molecule has 4 rings (SSSR count). The summed E-state index contributed by atoms with van der Waals surface area (Å²) in [6.07, 6.45) is 3.69. The predicted octanol–water partition coefficient (Wildman–Crippen LogP) is 1.07. The minimum atomic E-state index is -0.392. The standard InChI is InChI=1S/C19H22N8O2/c1-13-9-14(2)27(23-13)16-5-6-19(29)26(24-16)11-18(28)22-15-10-17(21-12-20-15)25-7-3-4-8-25/h5-6,9-10,12H,3-4,7-8,11H2,1-2H3,(H,20,21,22,28). The van der Waals surface area contributed by atoms with Gasteiger partial charge in [0.05, 0.1) is 5.69 Å². The third-order valence-electron chi connectivity index (χ3n) is 4.72. The maximum atomic E-state index is 12.5. The van der Waals surface area contributed by atoms with Crippen molar-refractivity contribution in [3.63, 3.8) is 0 Å². The van der Waals surface area contributed by atoms with Gasteiger partial charge in [0.15, 0.2) is 5.82 Å². The average molecular weight is 394 g/mol. The number of hydrogen-bond acceptors (Lipinski definition) is 7. The lowest BCUT2D eigenvalue weighted by atomic mass is 10.4. The summed E-state index contributed by atoms with van der Waals surface area (Å²) < 4.78 is 2.75. The van der Waals surface area contributed by atoms with Gasteiger partial charge < -0.3 is 10.2 Å². The van der Waals surface area contributed by atoms with Gasteiger partial charge in [-0.05, 0) is 38.8 Å². The number of nitrogens with one attached hydrogen (secondary N) is 1. The third kappa shape index (κ3) is 4.15. The molecule has 150 valence electrons. The third-order valence-corrected chi connectivity index (χ3v) is 4.72. The first-order valence-corrected chi connectivity index (χ1v) is 9.48. The van der Waals surface area contributed by atoms with Crippen molar-refractivity contribution in [2.45, 2.75) is 33.2 Å². The van der Waals surface area contributed by atoms with E-state index in [1.807, 2.05) is 19.9 Å². The van der Waals surface area contributed by atoms with Crippen LogP contribution in [0.15, 0.2) is 35.4 Å². The zero-order valence-electron chi connectivity index (χ0n) is 16.4. The second kappa shape index (κ2) is 7.82. The van der Waals surface area contributed by atoms with Crippen molar-refractivity contribution in [3.05, 3.63) is 52.3 Å². The molecule has 1 amide bonds. The molecule has 10 heteroatoms. The fourth-order valence-corrected chi connectivity index (χ4v) is 3.38. The van der Waals surface area contributed by atoms with E-state index in [-0.39, 0.29) is 12.1 Å². The first-order chi connectivity index (χ1) is 14.0. The lowest BCUT2D eigenvalue weighted by Gasteiger charge is -2.16. The summed E-state index contributed by atoms with van der Waals surface area (Å²) in [4.78, 5) is 35.2. The summed E-state index contributed by atoms with van der Waals surface area (Å²) in [5.74, 6) is 1.27. The van der Waals surface area contributed by atoms with E-state index in [1.54, 1.807) is 16.8 Å². The summed E-state index contributed by atoms with van der Waals surface area (Å²) in [5, 5.41) is 11.4. The van der Waals surface area contributed by atoms with E-state index in [4.69, 9.17) is 0 Å². The maximum absolute atomic E-state index is 12.5. The summed E-state index contributed by atoms with van der Waals surface area (Å²) in [7, 11) is 0. The van der Waals surface area contributed by atoms with E-state index in [2.05, 4.69) is 30.4 Å². The highest BCUT2D eigenvalue weighted by molar-refractivity contribution is 5.89. The molecule has 0 atom stereocenters. The molecule has 0 spiro atoms. The second-order valence-electron chi connectivity index (χ2n) is 7.03. The fourth-order valence-electron chi connectivity index (χ4n) is 3.38. The molecule has 10 nitrogen and oxygen atoms in total. The van der Waals surface area contributed by atoms with Crippen molar-refractivity contribution in [1.82, 2.24) is 29.5 Å². The Hall–Kier alpha value is -3.56. The van der Waals surface area contributed by atoms with Crippen LogP contribution in [0, 0.1) is 13.8 Å². The van der Waals surface area contributed by atoms with Crippen molar-refractivity contribution in [2.24, 2.45) is 0 Å². The first kappa shape index (κ1) is 18.8. The Morgan fingerprint density at radius 1 is 1.07 bits per heavy atom. The molecule has 3 aromatic heterocycles. The molecule has 1 aliphatic heterocycles. The molecule has 29 heavy (non-hydrogen) atoms. The van der Waals surface area contributed by atoms with Crippen LogP contribution in [-0.4, -0.2) is 48.5 Å². The zero-order valence-corrected chi connectivity index (χ0v) is 16.4. The molecule has 1 saturated heterocycles. The van der Waals surface area contributed by atoms with Gasteiger partial charge in [0, 0.05) is 30.9 Å². The van der Waals surface area contributed by atoms with Crippen LogP contribution >= 0.6 is 0 Å². The molecule has 0 radical (unpaired) electrons. The van der Waals surface area contributed by atoms with Gasteiger partial charge in [-0.2, -0.15) is 5.10 Å². The normalized spacial score (nSPS) is 13.7. The molecular weight excluding hydrogens is 372 g/mol. The number of carbonyl (C=O) groups excluding carboxylic acids is 1. The quantitative estimate of drug-likeness (QED) is 0.689. The molecule has 0 saturated carbocycles. The second-order valence-corrected chi connectivity index (χ2v) is 7.03. The maximum Gasteiger partial charge on any atom is 0.267 e.